The zero-order valence-electron chi connectivity index (χ0n) is 8.62. The molecule has 0 aliphatic carbocycles. The van der Waals surface area contributed by atoms with E-state index in [9.17, 15) is 0 Å². The first-order valence-corrected chi connectivity index (χ1v) is 4.67. The number of aromatic nitrogens is 3. The van der Waals surface area contributed by atoms with Gasteiger partial charge in [-0.25, -0.2) is 4.98 Å². The molecule has 1 rings (SSSR count). The van der Waals surface area contributed by atoms with Crippen LogP contribution < -0.4 is 5.73 Å². The highest BCUT2D eigenvalue weighted by Gasteiger charge is 2.20. The van der Waals surface area contributed by atoms with Crippen LogP contribution in [0.25, 0.3) is 0 Å². The number of hydrogen-bond donors (Lipinski definition) is 1. The second-order valence-electron chi connectivity index (χ2n) is 3.88. The molecule has 0 amide bonds. The topological polar surface area (TPSA) is 56.7 Å². The van der Waals surface area contributed by atoms with Crippen LogP contribution >= 0.6 is 0 Å². The van der Waals surface area contributed by atoms with E-state index in [1.165, 1.54) is 0 Å². The second kappa shape index (κ2) is 3.87. The summed E-state index contributed by atoms with van der Waals surface area (Å²) in [5, 5.41) is 4.01. The van der Waals surface area contributed by atoms with E-state index < -0.39 is 0 Å². The molecule has 0 aromatic carbocycles. The Labute approximate surface area is 79.2 Å². The van der Waals surface area contributed by atoms with Crippen molar-refractivity contribution in [2.75, 3.05) is 0 Å². The van der Waals surface area contributed by atoms with Crippen molar-refractivity contribution in [1.29, 1.82) is 0 Å². The molecule has 0 aliphatic heterocycles. The van der Waals surface area contributed by atoms with E-state index in [4.69, 9.17) is 5.73 Å². The minimum Gasteiger partial charge on any atom is -0.325 e. The molecule has 0 saturated carbocycles. The Morgan fingerprint density at radius 2 is 2.31 bits per heavy atom. The molecule has 0 spiro atoms. The van der Waals surface area contributed by atoms with Gasteiger partial charge >= 0.3 is 0 Å². The highest BCUT2D eigenvalue weighted by Crippen LogP contribution is 2.13. The summed E-state index contributed by atoms with van der Waals surface area (Å²) < 4.78 is 1.78. The Hall–Kier alpha value is -0.900. The minimum absolute atomic E-state index is 0.157. The van der Waals surface area contributed by atoms with Crippen LogP contribution in [-0.2, 0) is 13.5 Å². The van der Waals surface area contributed by atoms with Crippen molar-refractivity contribution < 1.29 is 0 Å². The first-order chi connectivity index (χ1) is 6.05. The smallest absolute Gasteiger partial charge is 0.138 e. The van der Waals surface area contributed by atoms with Crippen LogP contribution in [0.4, 0.5) is 0 Å². The number of aryl methyl sites for hydroxylation is 1. The van der Waals surface area contributed by atoms with Crippen LogP contribution in [0.2, 0.25) is 0 Å². The molecular weight excluding hydrogens is 164 g/mol. The summed E-state index contributed by atoms with van der Waals surface area (Å²) in [5.74, 6) is 0.957. The summed E-state index contributed by atoms with van der Waals surface area (Å²) in [6.07, 6.45) is 4.47. The van der Waals surface area contributed by atoms with E-state index in [1.807, 2.05) is 7.05 Å². The summed E-state index contributed by atoms with van der Waals surface area (Å²) >= 11 is 0. The molecule has 2 N–H and O–H groups in total. The van der Waals surface area contributed by atoms with E-state index in [1.54, 1.807) is 11.0 Å². The van der Waals surface area contributed by atoms with Gasteiger partial charge in [-0.1, -0.05) is 13.3 Å². The van der Waals surface area contributed by atoms with Crippen molar-refractivity contribution in [3.05, 3.63) is 12.2 Å². The maximum atomic E-state index is 6.11. The van der Waals surface area contributed by atoms with E-state index in [2.05, 4.69) is 23.9 Å². The molecular formula is C9H18N4. The third-order valence-electron chi connectivity index (χ3n) is 2.19. The molecule has 1 atom stereocenters. The molecule has 1 unspecified atom stereocenters. The molecule has 74 valence electrons. The van der Waals surface area contributed by atoms with Crippen LogP contribution in [0.15, 0.2) is 6.33 Å². The Morgan fingerprint density at radius 1 is 1.62 bits per heavy atom. The standard InChI is InChI=1S/C9H18N4/c1-4-5-9(2,10)6-8-11-7-12-13(8)3/h7H,4-6,10H2,1-3H3. The van der Waals surface area contributed by atoms with Gasteiger partial charge in [-0.2, -0.15) is 5.10 Å². The van der Waals surface area contributed by atoms with Crippen molar-refractivity contribution in [1.82, 2.24) is 14.8 Å². The predicted octanol–water partition coefficient (Wildman–Crippen LogP) is 0.875. The largest absolute Gasteiger partial charge is 0.325 e. The fourth-order valence-corrected chi connectivity index (χ4v) is 1.50. The first-order valence-electron chi connectivity index (χ1n) is 4.67. The Bertz CT molecular complexity index is 264. The second-order valence-corrected chi connectivity index (χ2v) is 3.88. The lowest BCUT2D eigenvalue weighted by Crippen LogP contribution is -2.39. The molecule has 0 fully saturated rings. The van der Waals surface area contributed by atoms with E-state index in [-0.39, 0.29) is 5.54 Å². The van der Waals surface area contributed by atoms with Crippen molar-refractivity contribution in [2.24, 2.45) is 12.8 Å². The third kappa shape index (κ3) is 2.81. The predicted molar refractivity (Wildman–Crippen MR) is 52.2 cm³/mol. The lowest BCUT2D eigenvalue weighted by molar-refractivity contribution is 0.408. The van der Waals surface area contributed by atoms with Gasteiger partial charge < -0.3 is 5.73 Å². The summed E-state index contributed by atoms with van der Waals surface area (Å²) in [7, 11) is 1.89. The van der Waals surface area contributed by atoms with Gasteiger partial charge in [0.15, 0.2) is 0 Å². The monoisotopic (exact) mass is 182 g/mol. The highest BCUT2D eigenvalue weighted by atomic mass is 15.3. The summed E-state index contributed by atoms with van der Waals surface area (Å²) in [6.45, 7) is 4.20. The highest BCUT2D eigenvalue weighted by molar-refractivity contribution is 4.94. The van der Waals surface area contributed by atoms with Gasteiger partial charge in [0.25, 0.3) is 0 Å². The van der Waals surface area contributed by atoms with Crippen molar-refractivity contribution in [3.63, 3.8) is 0 Å². The van der Waals surface area contributed by atoms with Crippen LogP contribution in [0, 0.1) is 0 Å². The molecule has 13 heavy (non-hydrogen) atoms. The molecule has 1 aromatic heterocycles. The number of rotatable bonds is 4. The molecule has 4 heteroatoms. The van der Waals surface area contributed by atoms with Gasteiger partial charge in [0.2, 0.25) is 0 Å². The molecule has 0 saturated heterocycles. The molecule has 1 aromatic rings. The van der Waals surface area contributed by atoms with Gasteiger partial charge in [-0.3, -0.25) is 4.68 Å². The average Bonchev–Trinajstić information content (AvgIpc) is 2.35. The number of nitrogens with two attached hydrogens (primary N) is 1. The lowest BCUT2D eigenvalue weighted by Gasteiger charge is -2.22. The molecule has 1 heterocycles. The maximum absolute atomic E-state index is 6.11. The maximum Gasteiger partial charge on any atom is 0.138 e. The van der Waals surface area contributed by atoms with E-state index in [0.29, 0.717) is 0 Å². The summed E-state index contributed by atoms with van der Waals surface area (Å²) in [4.78, 5) is 4.16. The van der Waals surface area contributed by atoms with Crippen molar-refractivity contribution in [2.45, 2.75) is 38.6 Å². The van der Waals surface area contributed by atoms with Crippen LogP contribution in [0.5, 0.6) is 0 Å². The Morgan fingerprint density at radius 3 is 2.77 bits per heavy atom. The molecule has 0 aliphatic rings. The summed E-state index contributed by atoms with van der Waals surface area (Å²) in [6, 6.07) is 0. The molecule has 4 nitrogen and oxygen atoms in total. The van der Waals surface area contributed by atoms with Gasteiger partial charge in [0.05, 0.1) is 0 Å². The Kier molecular flexibility index (Phi) is 3.03. The fourth-order valence-electron chi connectivity index (χ4n) is 1.50. The van der Waals surface area contributed by atoms with Gasteiger partial charge in [-0.15, -0.1) is 0 Å². The van der Waals surface area contributed by atoms with Crippen LogP contribution in [0.3, 0.4) is 0 Å². The average molecular weight is 182 g/mol. The van der Waals surface area contributed by atoms with E-state index >= 15 is 0 Å². The normalized spacial score (nSPS) is 15.7. The molecule has 0 radical (unpaired) electrons. The molecule has 0 bridgehead atoms. The van der Waals surface area contributed by atoms with Crippen LogP contribution in [0.1, 0.15) is 32.5 Å². The number of hydrogen-bond acceptors (Lipinski definition) is 3. The number of nitrogens with zero attached hydrogens (tertiary/aromatic N) is 3. The zero-order chi connectivity index (χ0) is 9.90. The van der Waals surface area contributed by atoms with Crippen molar-refractivity contribution >= 4 is 0 Å². The van der Waals surface area contributed by atoms with Gasteiger partial charge in [-0.05, 0) is 13.3 Å². The van der Waals surface area contributed by atoms with Gasteiger partial charge in [0, 0.05) is 19.0 Å². The minimum atomic E-state index is -0.157. The first kappa shape index (κ1) is 10.2. The fraction of sp³-hybridized carbons (Fsp3) is 0.778. The van der Waals surface area contributed by atoms with Gasteiger partial charge in [0.1, 0.15) is 12.2 Å². The van der Waals surface area contributed by atoms with E-state index in [0.717, 1.165) is 25.1 Å². The van der Waals surface area contributed by atoms with Crippen LogP contribution in [-0.4, -0.2) is 20.3 Å². The Balaban J connectivity index is 2.63. The summed E-state index contributed by atoms with van der Waals surface area (Å²) in [5.41, 5.74) is 5.95. The quantitative estimate of drug-likeness (QED) is 0.752. The van der Waals surface area contributed by atoms with Crippen molar-refractivity contribution in [3.8, 4) is 0 Å². The SMILES string of the molecule is CCCC(C)(N)Cc1ncnn1C. The zero-order valence-corrected chi connectivity index (χ0v) is 8.62. The third-order valence-corrected chi connectivity index (χ3v) is 2.19. The lowest BCUT2D eigenvalue weighted by atomic mass is 9.93.